The second-order valence-corrected chi connectivity index (χ2v) is 9.57. The molecule has 3 aromatic rings. The molecule has 4 N–H and O–H groups in total. The van der Waals surface area contributed by atoms with E-state index in [0.717, 1.165) is 39.7 Å². The first-order valence-corrected chi connectivity index (χ1v) is 11.6. The molecule has 1 aromatic carbocycles. The van der Waals surface area contributed by atoms with Crippen LogP contribution in [0.1, 0.15) is 48.7 Å². The normalized spacial score (nSPS) is 16.3. The fourth-order valence-corrected chi connectivity index (χ4v) is 4.54. The first kappa shape index (κ1) is 22.3. The molecule has 0 radical (unpaired) electrons. The Morgan fingerprint density at radius 2 is 2.16 bits per heavy atom. The number of aliphatic hydroxyl groups is 1. The quantitative estimate of drug-likeness (QED) is 0.512. The summed E-state index contributed by atoms with van der Waals surface area (Å²) in [6.45, 7) is 5.74. The van der Waals surface area contributed by atoms with E-state index in [1.165, 1.54) is 12.8 Å². The Hall–Kier alpha value is -2.92. The number of nitrogens with two attached hydrogens (primary N) is 1. The molecule has 1 atom stereocenters. The SMILES string of the molecule is CC(C)(O)C#Cc1cccc(COc2cc(-c3cnc(C4CCCNC4)s3)cnc2N)c1. The Morgan fingerprint density at radius 1 is 1.28 bits per heavy atom. The maximum Gasteiger partial charge on any atom is 0.166 e. The maximum atomic E-state index is 9.80. The minimum Gasteiger partial charge on any atom is -0.485 e. The van der Waals surface area contributed by atoms with Gasteiger partial charge in [-0.2, -0.15) is 0 Å². The Labute approximate surface area is 192 Å². The molecule has 0 bridgehead atoms. The van der Waals surface area contributed by atoms with E-state index in [9.17, 15) is 5.11 Å². The highest BCUT2D eigenvalue weighted by atomic mass is 32.1. The number of thiazole rings is 1. The van der Waals surface area contributed by atoms with Crippen molar-refractivity contribution in [3.05, 3.63) is 58.9 Å². The van der Waals surface area contributed by atoms with Gasteiger partial charge in [0.05, 0.1) is 9.88 Å². The first-order valence-electron chi connectivity index (χ1n) is 10.8. The zero-order valence-electron chi connectivity index (χ0n) is 18.4. The number of piperidine rings is 1. The third-order valence-corrected chi connectivity index (χ3v) is 6.38. The van der Waals surface area contributed by atoms with Crippen molar-refractivity contribution in [3.63, 3.8) is 0 Å². The molecule has 1 aliphatic rings. The van der Waals surface area contributed by atoms with Gasteiger partial charge in [-0.15, -0.1) is 11.3 Å². The van der Waals surface area contributed by atoms with Crippen LogP contribution in [0.15, 0.2) is 42.7 Å². The Morgan fingerprint density at radius 3 is 2.94 bits per heavy atom. The molecule has 166 valence electrons. The largest absolute Gasteiger partial charge is 0.485 e. The van der Waals surface area contributed by atoms with E-state index in [-0.39, 0.29) is 0 Å². The minimum atomic E-state index is -1.03. The fourth-order valence-electron chi connectivity index (χ4n) is 3.50. The molecule has 0 amide bonds. The highest BCUT2D eigenvalue weighted by molar-refractivity contribution is 7.15. The summed E-state index contributed by atoms with van der Waals surface area (Å²) in [5.41, 5.74) is 7.77. The molecular formula is C25H28N4O2S. The van der Waals surface area contributed by atoms with Crippen molar-refractivity contribution >= 4 is 17.2 Å². The molecule has 1 saturated heterocycles. The second-order valence-electron chi connectivity index (χ2n) is 8.51. The lowest BCUT2D eigenvalue weighted by atomic mass is 10.0. The van der Waals surface area contributed by atoms with Gasteiger partial charge in [0.1, 0.15) is 12.2 Å². The predicted molar refractivity (Wildman–Crippen MR) is 129 cm³/mol. The third-order valence-electron chi connectivity index (χ3n) is 5.17. The van der Waals surface area contributed by atoms with Crippen molar-refractivity contribution in [1.82, 2.24) is 15.3 Å². The number of ether oxygens (including phenoxy) is 1. The number of hydrogen-bond donors (Lipinski definition) is 3. The number of pyridine rings is 1. The highest BCUT2D eigenvalue weighted by Crippen LogP contribution is 2.34. The van der Waals surface area contributed by atoms with E-state index < -0.39 is 5.60 Å². The Kier molecular flexibility index (Phi) is 6.75. The summed E-state index contributed by atoms with van der Waals surface area (Å²) in [5, 5.41) is 14.4. The molecule has 1 aliphatic heterocycles. The molecule has 0 spiro atoms. The lowest BCUT2D eigenvalue weighted by molar-refractivity contribution is 0.143. The van der Waals surface area contributed by atoms with Gasteiger partial charge >= 0.3 is 0 Å². The fraction of sp³-hybridized carbons (Fsp3) is 0.360. The molecule has 2 aromatic heterocycles. The monoisotopic (exact) mass is 448 g/mol. The zero-order valence-corrected chi connectivity index (χ0v) is 19.2. The van der Waals surface area contributed by atoms with Gasteiger partial charge in [0.25, 0.3) is 0 Å². The van der Waals surface area contributed by atoms with Gasteiger partial charge in [-0.05, 0) is 57.0 Å². The van der Waals surface area contributed by atoms with Gasteiger partial charge in [-0.3, -0.25) is 0 Å². The van der Waals surface area contributed by atoms with Gasteiger partial charge in [-0.25, -0.2) is 9.97 Å². The van der Waals surface area contributed by atoms with Crippen LogP contribution < -0.4 is 15.8 Å². The van der Waals surface area contributed by atoms with E-state index in [1.54, 1.807) is 31.4 Å². The van der Waals surface area contributed by atoms with Crippen molar-refractivity contribution in [1.29, 1.82) is 0 Å². The lowest BCUT2D eigenvalue weighted by Crippen LogP contribution is -2.28. The maximum absolute atomic E-state index is 9.80. The van der Waals surface area contributed by atoms with E-state index in [2.05, 4.69) is 27.1 Å². The van der Waals surface area contributed by atoms with Crippen LogP contribution in [-0.2, 0) is 6.61 Å². The topological polar surface area (TPSA) is 93.3 Å². The van der Waals surface area contributed by atoms with Gasteiger partial charge in [-0.1, -0.05) is 24.0 Å². The number of nitrogens with zero attached hydrogens (tertiary/aromatic N) is 2. The smallest absolute Gasteiger partial charge is 0.166 e. The van der Waals surface area contributed by atoms with Crippen LogP contribution in [0.4, 0.5) is 5.82 Å². The lowest BCUT2D eigenvalue weighted by Gasteiger charge is -2.20. The summed E-state index contributed by atoms with van der Waals surface area (Å²) in [4.78, 5) is 10.0. The second kappa shape index (κ2) is 9.70. The van der Waals surface area contributed by atoms with Crippen LogP contribution in [-0.4, -0.2) is 33.8 Å². The van der Waals surface area contributed by atoms with Crippen molar-refractivity contribution < 1.29 is 9.84 Å². The average Bonchev–Trinajstić information content (AvgIpc) is 3.28. The Bertz CT molecular complexity index is 1130. The molecule has 0 saturated carbocycles. The summed E-state index contributed by atoms with van der Waals surface area (Å²) in [6.07, 6.45) is 6.04. The van der Waals surface area contributed by atoms with Crippen molar-refractivity contribution in [3.8, 4) is 28.0 Å². The molecule has 4 rings (SSSR count). The minimum absolute atomic E-state index is 0.342. The number of benzene rings is 1. The van der Waals surface area contributed by atoms with Gasteiger partial charge in [0.15, 0.2) is 11.6 Å². The zero-order chi connectivity index (χ0) is 22.6. The summed E-state index contributed by atoms with van der Waals surface area (Å²) >= 11 is 1.71. The molecule has 32 heavy (non-hydrogen) atoms. The van der Waals surface area contributed by atoms with Crippen LogP contribution in [0.2, 0.25) is 0 Å². The number of rotatable bonds is 5. The predicted octanol–water partition coefficient (Wildman–Crippen LogP) is 3.96. The summed E-state index contributed by atoms with van der Waals surface area (Å²) in [7, 11) is 0. The standard InChI is InChI=1S/C25H28N4O2S/c1-25(2,30)9-8-17-5-3-6-18(11-17)16-31-21-12-20(14-28-23(21)26)22-15-29-24(32-22)19-7-4-10-27-13-19/h3,5-6,11-12,14-15,19,27,30H,4,7,10,13,16H2,1-2H3,(H2,26,28). The van der Waals surface area contributed by atoms with Gasteiger partial charge < -0.3 is 20.9 Å². The van der Waals surface area contributed by atoms with E-state index in [4.69, 9.17) is 10.5 Å². The average molecular weight is 449 g/mol. The van der Waals surface area contributed by atoms with E-state index in [1.807, 2.05) is 36.5 Å². The van der Waals surface area contributed by atoms with Crippen molar-refractivity contribution in [2.24, 2.45) is 0 Å². The number of hydrogen-bond acceptors (Lipinski definition) is 7. The van der Waals surface area contributed by atoms with Crippen LogP contribution in [0.25, 0.3) is 10.4 Å². The third kappa shape index (κ3) is 5.86. The van der Waals surface area contributed by atoms with Gasteiger partial charge in [0, 0.05) is 36.0 Å². The summed E-state index contributed by atoms with van der Waals surface area (Å²) in [6, 6.07) is 9.67. The van der Waals surface area contributed by atoms with Crippen LogP contribution >= 0.6 is 11.3 Å². The highest BCUT2D eigenvalue weighted by Gasteiger charge is 2.19. The molecular weight excluding hydrogens is 420 g/mol. The van der Waals surface area contributed by atoms with Crippen molar-refractivity contribution in [2.75, 3.05) is 18.8 Å². The van der Waals surface area contributed by atoms with Gasteiger partial charge in [0.2, 0.25) is 0 Å². The molecule has 7 heteroatoms. The summed E-state index contributed by atoms with van der Waals surface area (Å²) in [5.74, 6) is 7.20. The van der Waals surface area contributed by atoms with Crippen LogP contribution in [0.5, 0.6) is 5.75 Å². The molecule has 6 nitrogen and oxygen atoms in total. The Balaban J connectivity index is 1.47. The van der Waals surface area contributed by atoms with Crippen LogP contribution in [0.3, 0.4) is 0 Å². The molecule has 1 fully saturated rings. The number of nitrogens with one attached hydrogen (secondary N) is 1. The number of aromatic nitrogens is 2. The first-order chi connectivity index (χ1) is 15.4. The molecule has 0 aliphatic carbocycles. The molecule has 3 heterocycles. The number of nitrogen functional groups attached to an aromatic ring is 1. The van der Waals surface area contributed by atoms with Crippen LogP contribution in [0, 0.1) is 11.8 Å². The number of anilines is 1. The van der Waals surface area contributed by atoms with Crippen molar-refractivity contribution in [2.45, 2.75) is 44.8 Å². The molecule has 1 unspecified atom stereocenters. The summed E-state index contributed by atoms with van der Waals surface area (Å²) < 4.78 is 6.00. The van der Waals surface area contributed by atoms with E-state index in [0.29, 0.717) is 24.1 Å². The van der Waals surface area contributed by atoms with E-state index >= 15 is 0 Å².